The lowest BCUT2D eigenvalue weighted by atomic mass is 10.3. The first-order valence-electron chi connectivity index (χ1n) is 6.33. The predicted molar refractivity (Wildman–Crippen MR) is 76.0 cm³/mol. The highest BCUT2D eigenvalue weighted by atomic mass is 32.2. The summed E-state index contributed by atoms with van der Waals surface area (Å²) < 4.78 is 12.3. The van der Waals surface area contributed by atoms with Gasteiger partial charge in [-0.2, -0.15) is 0 Å². The molecule has 2 amide bonds. The third-order valence-electron chi connectivity index (χ3n) is 2.72. The van der Waals surface area contributed by atoms with Crippen LogP contribution in [-0.2, 0) is 28.7 Å². The Balaban J connectivity index is 2.25. The molecule has 118 valence electrons. The Bertz CT molecular complexity index is 518. The van der Waals surface area contributed by atoms with Crippen molar-refractivity contribution in [3.05, 3.63) is 11.9 Å². The Morgan fingerprint density at radius 1 is 1.48 bits per heavy atom. The van der Waals surface area contributed by atoms with Crippen LogP contribution in [0.3, 0.4) is 0 Å². The van der Waals surface area contributed by atoms with Crippen molar-refractivity contribution in [2.45, 2.75) is 31.7 Å². The van der Waals surface area contributed by atoms with Crippen LogP contribution in [0.2, 0.25) is 0 Å². The van der Waals surface area contributed by atoms with Gasteiger partial charge < -0.3 is 15.7 Å². The van der Waals surface area contributed by atoms with Crippen molar-refractivity contribution in [2.75, 3.05) is 12.8 Å². The van der Waals surface area contributed by atoms with Crippen molar-refractivity contribution in [2.24, 2.45) is 0 Å². The summed E-state index contributed by atoms with van der Waals surface area (Å²) in [6.45, 7) is 2.17. The maximum Gasteiger partial charge on any atom is 0.325 e. The van der Waals surface area contributed by atoms with E-state index in [2.05, 4.69) is 20.9 Å². The number of hydrogen-bond donors (Lipinski definition) is 3. The number of urea groups is 1. The Morgan fingerprint density at radius 2 is 2.19 bits per heavy atom. The number of nitrogens with zero attached hydrogens (tertiary/aromatic N) is 3. The van der Waals surface area contributed by atoms with E-state index < -0.39 is 16.8 Å². The monoisotopic (exact) mass is 317 g/mol. The summed E-state index contributed by atoms with van der Waals surface area (Å²) in [6.07, 6.45) is 3.72. The van der Waals surface area contributed by atoms with Gasteiger partial charge in [0.15, 0.2) is 0 Å². The molecule has 0 aromatic carbocycles. The number of carbonyl (C=O) groups excluding carboxylic acids is 1. The van der Waals surface area contributed by atoms with Gasteiger partial charge in [-0.1, -0.05) is 12.1 Å². The van der Waals surface area contributed by atoms with Gasteiger partial charge in [-0.25, -0.2) is 9.48 Å². The lowest BCUT2D eigenvalue weighted by molar-refractivity contribution is -0.137. The van der Waals surface area contributed by atoms with E-state index in [-0.39, 0.29) is 24.4 Å². The van der Waals surface area contributed by atoms with E-state index >= 15 is 0 Å². The van der Waals surface area contributed by atoms with E-state index in [0.717, 1.165) is 0 Å². The Morgan fingerprint density at radius 3 is 2.81 bits per heavy atom. The molecule has 1 aromatic heterocycles. The van der Waals surface area contributed by atoms with Crippen molar-refractivity contribution in [1.29, 1.82) is 0 Å². The molecule has 21 heavy (non-hydrogen) atoms. The summed E-state index contributed by atoms with van der Waals surface area (Å²) in [5.74, 6) is -1.01. The standard InChI is InChI=1S/C11H19N5O4S/c1-8(21(2)20)3-4-12-11(19)13-5-9-6-16(15-14-9)7-10(17)18/h6,8H,3-5,7H2,1-2H3,(H,17,18)(H2,12,13,19). The first-order chi connectivity index (χ1) is 9.88. The van der Waals surface area contributed by atoms with Crippen LogP contribution in [0.1, 0.15) is 19.0 Å². The molecule has 3 N–H and O–H groups in total. The number of carboxylic acids is 1. The fraction of sp³-hybridized carbons (Fsp3) is 0.636. The second kappa shape index (κ2) is 8.35. The fourth-order valence-corrected chi connectivity index (χ4v) is 1.87. The largest absolute Gasteiger partial charge is 0.480 e. The average Bonchev–Trinajstić information content (AvgIpc) is 2.82. The number of aromatic nitrogens is 3. The molecule has 0 radical (unpaired) electrons. The number of carbonyl (C=O) groups is 2. The molecule has 1 heterocycles. The van der Waals surface area contributed by atoms with E-state index in [1.165, 1.54) is 10.9 Å². The summed E-state index contributed by atoms with van der Waals surface area (Å²) in [6, 6.07) is -0.364. The van der Waals surface area contributed by atoms with Crippen LogP contribution in [0.25, 0.3) is 0 Å². The van der Waals surface area contributed by atoms with Crippen molar-refractivity contribution < 1.29 is 18.9 Å². The summed E-state index contributed by atoms with van der Waals surface area (Å²) >= 11 is 0. The van der Waals surface area contributed by atoms with Crippen molar-refractivity contribution in [3.63, 3.8) is 0 Å². The molecule has 0 aliphatic heterocycles. The summed E-state index contributed by atoms with van der Waals surface area (Å²) in [5.41, 5.74) is 0.467. The lowest BCUT2D eigenvalue weighted by Gasteiger charge is -2.09. The smallest absolute Gasteiger partial charge is 0.325 e. The Hall–Kier alpha value is -1.97. The highest BCUT2D eigenvalue weighted by Crippen LogP contribution is 1.97. The molecule has 2 unspecified atom stereocenters. The van der Waals surface area contributed by atoms with Crippen LogP contribution in [0, 0.1) is 0 Å². The molecule has 0 fully saturated rings. The number of amides is 2. The quantitative estimate of drug-likeness (QED) is 0.583. The van der Waals surface area contributed by atoms with Crippen LogP contribution in [0.4, 0.5) is 4.79 Å². The first kappa shape index (κ1) is 17.1. The maximum absolute atomic E-state index is 11.5. The van der Waals surface area contributed by atoms with Gasteiger partial charge in [0.05, 0.1) is 12.7 Å². The van der Waals surface area contributed by atoms with Crippen molar-refractivity contribution in [3.8, 4) is 0 Å². The van der Waals surface area contributed by atoms with E-state index in [9.17, 15) is 13.8 Å². The number of hydrogen-bond acceptors (Lipinski definition) is 5. The number of carboxylic acid groups (broad SMARTS) is 1. The topological polar surface area (TPSA) is 126 Å². The van der Waals surface area contributed by atoms with Gasteiger partial charge in [-0.15, -0.1) is 5.10 Å². The second-order valence-corrected chi connectivity index (χ2v) is 6.31. The van der Waals surface area contributed by atoms with Crippen molar-refractivity contribution in [1.82, 2.24) is 25.6 Å². The molecule has 0 saturated carbocycles. The van der Waals surface area contributed by atoms with E-state index in [0.29, 0.717) is 18.7 Å². The minimum absolute atomic E-state index is 0.0289. The molecule has 0 spiro atoms. The fourth-order valence-electron chi connectivity index (χ4n) is 1.42. The molecule has 10 heteroatoms. The van der Waals surface area contributed by atoms with E-state index in [1.54, 1.807) is 6.26 Å². The van der Waals surface area contributed by atoms with Gasteiger partial charge in [0, 0.05) is 28.9 Å². The molecule has 9 nitrogen and oxygen atoms in total. The average molecular weight is 317 g/mol. The van der Waals surface area contributed by atoms with Crippen molar-refractivity contribution >= 4 is 22.8 Å². The third-order valence-corrected chi connectivity index (χ3v) is 4.09. The normalized spacial score (nSPS) is 13.4. The van der Waals surface area contributed by atoms with Gasteiger partial charge in [-0.05, 0) is 6.42 Å². The summed E-state index contributed by atoms with van der Waals surface area (Å²) in [4.78, 5) is 22.0. The lowest BCUT2D eigenvalue weighted by Crippen LogP contribution is -2.36. The van der Waals surface area contributed by atoms with Gasteiger partial charge in [0.25, 0.3) is 0 Å². The van der Waals surface area contributed by atoms with Crippen LogP contribution < -0.4 is 10.6 Å². The Kier molecular flexibility index (Phi) is 6.79. The maximum atomic E-state index is 11.5. The molecule has 2 atom stereocenters. The number of aliphatic carboxylic acids is 1. The molecule has 0 aliphatic carbocycles. The van der Waals surface area contributed by atoms with Crippen LogP contribution in [0.15, 0.2) is 6.20 Å². The van der Waals surface area contributed by atoms with Gasteiger partial charge in [-0.3, -0.25) is 9.00 Å². The highest BCUT2D eigenvalue weighted by Gasteiger charge is 2.08. The molecular weight excluding hydrogens is 298 g/mol. The predicted octanol–water partition coefficient (Wildman–Crippen LogP) is -0.681. The van der Waals surface area contributed by atoms with Crippen LogP contribution in [-0.4, -0.2) is 54.4 Å². The second-order valence-electron chi connectivity index (χ2n) is 4.51. The third kappa shape index (κ3) is 6.84. The molecule has 0 saturated heterocycles. The number of rotatable bonds is 8. The SMILES string of the molecule is CC(CCNC(=O)NCc1cn(CC(=O)O)nn1)S(C)=O. The molecular formula is C11H19N5O4S. The molecule has 0 aliphatic rings. The molecule has 1 aromatic rings. The van der Waals surface area contributed by atoms with Crippen LogP contribution >= 0.6 is 0 Å². The molecule has 0 bridgehead atoms. The highest BCUT2D eigenvalue weighted by molar-refractivity contribution is 7.84. The van der Waals surface area contributed by atoms with E-state index in [1.807, 2.05) is 6.92 Å². The minimum atomic E-state index is -1.01. The number of nitrogens with one attached hydrogen (secondary N) is 2. The van der Waals surface area contributed by atoms with Gasteiger partial charge in [0.1, 0.15) is 12.2 Å². The summed E-state index contributed by atoms with van der Waals surface area (Å²) in [7, 11) is -0.901. The molecule has 1 rings (SSSR count). The zero-order valence-corrected chi connectivity index (χ0v) is 12.7. The summed E-state index contributed by atoms with van der Waals surface area (Å²) in [5, 5.41) is 21.2. The van der Waals surface area contributed by atoms with Gasteiger partial charge >= 0.3 is 12.0 Å². The van der Waals surface area contributed by atoms with E-state index in [4.69, 9.17) is 5.11 Å². The van der Waals surface area contributed by atoms with Crippen LogP contribution in [0.5, 0.6) is 0 Å². The first-order valence-corrected chi connectivity index (χ1v) is 7.95. The minimum Gasteiger partial charge on any atom is -0.480 e. The zero-order chi connectivity index (χ0) is 15.8. The zero-order valence-electron chi connectivity index (χ0n) is 11.9. The van der Waals surface area contributed by atoms with Gasteiger partial charge in [0.2, 0.25) is 0 Å². The Labute approximate surface area is 124 Å².